The maximum absolute atomic E-state index is 9.19. The van der Waals surface area contributed by atoms with Crippen LogP contribution >= 0.6 is 0 Å². The smallest absolute Gasteiger partial charge is 0.126 e. The number of aromatic nitrogens is 2. The van der Waals surface area contributed by atoms with Gasteiger partial charge in [0.1, 0.15) is 5.82 Å². The summed E-state index contributed by atoms with van der Waals surface area (Å²) in [6, 6.07) is 0.458. The molecule has 1 fully saturated rings. The Balaban J connectivity index is 1.84. The molecule has 0 radical (unpaired) electrons. The van der Waals surface area contributed by atoms with E-state index in [-0.39, 0.29) is 0 Å². The van der Waals surface area contributed by atoms with Crippen molar-refractivity contribution < 1.29 is 5.11 Å². The molecule has 2 aliphatic rings. The lowest BCUT2D eigenvalue weighted by Gasteiger charge is -2.24. The van der Waals surface area contributed by atoms with Gasteiger partial charge in [-0.3, -0.25) is 0 Å². The Hall–Kier alpha value is -0.870. The first kappa shape index (κ1) is 10.3. The van der Waals surface area contributed by atoms with E-state index in [0.717, 1.165) is 25.9 Å². The van der Waals surface area contributed by atoms with Gasteiger partial charge >= 0.3 is 0 Å². The van der Waals surface area contributed by atoms with Crippen LogP contribution in [-0.4, -0.2) is 27.8 Å². The highest BCUT2D eigenvalue weighted by atomic mass is 16.3. The van der Waals surface area contributed by atoms with Crippen LogP contribution in [0.25, 0.3) is 0 Å². The quantitative estimate of drug-likeness (QED) is 0.779. The van der Waals surface area contributed by atoms with Crippen LogP contribution in [0.5, 0.6) is 0 Å². The van der Waals surface area contributed by atoms with E-state index in [2.05, 4.69) is 14.9 Å². The monoisotopic (exact) mass is 221 g/mol. The minimum atomic E-state index is 0.308. The molecule has 2 aliphatic heterocycles. The van der Waals surface area contributed by atoms with Crippen molar-refractivity contribution in [1.82, 2.24) is 14.9 Å². The van der Waals surface area contributed by atoms with Crippen molar-refractivity contribution in [2.75, 3.05) is 13.2 Å². The Kier molecular flexibility index (Phi) is 2.69. The molecule has 0 bridgehead atoms. The molecule has 88 valence electrons. The maximum Gasteiger partial charge on any atom is 0.126 e. The Morgan fingerprint density at radius 3 is 3.19 bits per heavy atom. The molecule has 0 amide bonds. The highest BCUT2D eigenvalue weighted by Gasteiger charge is 2.26. The Morgan fingerprint density at radius 1 is 1.50 bits per heavy atom. The molecule has 3 rings (SSSR count). The molecule has 2 atom stereocenters. The van der Waals surface area contributed by atoms with Gasteiger partial charge in [-0.2, -0.15) is 0 Å². The van der Waals surface area contributed by atoms with Gasteiger partial charge in [-0.1, -0.05) is 0 Å². The summed E-state index contributed by atoms with van der Waals surface area (Å²) in [5.41, 5.74) is 1.30. The van der Waals surface area contributed by atoms with Crippen molar-refractivity contribution in [3.63, 3.8) is 0 Å². The Morgan fingerprint density at radius 2 is 2.44 bits per heavy atom. The maximum atomic E-state index is 9.19. The van der Waals surface area contributed by atoms with Crippen molar-refractivity contribution in [2.45, 2.75) is 38.3 Å². The van der Waals surface area contributed by atoms with E-state index in [9.17, 15) is 5.11 Å². The van der Waals surface area contributed by atoms with E-state index in [1.165, 1.54) is 24.4 Å². The fourth-order valence-electron chi connectivity index (χ4n) is 2.90. The average Bonchev–Trinajstić information content (AvgIpc) is 2.96. The standard InChI is InChI=1S/C12H19N3O/c16-8-9-3-5-15-10(6-9)7-14-12(15)11-2-1-4-13-11/h7,9,11,13,16H,1-6,8H2. The highest BCUT2D eigenvalue weighted by molar-refractivity contribution is 5.12. The molecule has 1 saturated heterocycles. The van der Waals surface area contributed by atoms with Crippen molar-refractivity contribution in [1.29, 1.82) is 0 Å². The van der Waals surface area contributed by atoms with Crippen LogP contribution in [0.4, 0.5) is 0 Å². The van der Waals surface area contributed by atoms with Crippen LogP contribution in [0.3, 0.4) is 0 Å². The molecule has 1 aromatic heterocycles. The lowest BCUT2D eigenvalue weighted by molar-refractivity contribution is 0.199. The van der Waals surface area contributed by atoms with Crippen molar-refractivity contribution >= 4 is 0 Å². The summed E-state index contributed by atoms with van der Waals surface area (Å²) in [6.45, 7) is 2.45. The van der Waals surface area contributed by atoms with Gasteiger partial charge in [-0.05, 0) is 38.1 Å². The molecule has 4 nitrogen and oxygen atoms in total. The molecular weight excluding hydrogens is 202 g/mol. The van der Waals surface area contributed by atoms with Gasteiger partial charge in [0.05, 0.1) is 6.04 Å². The van der Waals surface area contributed by atoms with Gasteiger partial charge in [0.15, 0.2) is 0 Å². The lowest BCUT2D eigenvalue weighted by atomic mass is 9.97. The van der Waals surface area contributed by atoms with Crippen LogP contribution in [0, 0.1) is 5.92 Å². The third kappa shape index (κ3) is 1.66. The van der Waals surface area contributed by atoms with Gasteiger partial charge in [0, 0.05) is 25.0 Å². The SMILES string of the molecule is OCC1CCn2c(cnc2C2CCCN2)C1. The second kappa shape index (κ2) is 4.18. The minimum absolute atomic E-state index is 0.308. The summed E-state index contributed by atoms with van der Waals surface area (Å²) in [6.07, 6.45) is 6.53. The fourth-order valence-corrected chi connectivity index (χ4v) is 2.90. The molecule has 3 heterocycles. The van der Waals surface area contributed by atoms with E-state index in [0.29, 0.717) is 18.6 Å². The Labute approximate surface area is 95.7 Å². The van der Waals surface area contributed by atoms with E-state index < -0.39 is 0 Å². The zero-order valence-electron chi connectivity index (χ0n) is 9.52. The number of aliphatic hydroxyl groups excluding tert-OH is 1. The molecular formula is C12H19N3O. The van der Waals surface area contributed by atoms with Gasteiger partial charge in [-0.25, -0.2) is 4.98 Å². The summed E-state index contributed by atoms with van der Waals surface area (Å²) in [7, 11) is 0. The van der Waals surface area contributed by atoms with Crippen LogP contribution in [0.1, 0.15) is 36.8 Å². The number of fused-ring (bicyclic) bond motifs is 1. The summed E-state index contributed by atoms with van der Waals surface area (Å²) in [5.74, 6) is 1.65. The number of nitrogens with one attached hydrogen (secondary N) is 1. The first-order valence-corrected chi connectivity index (χ1v) is 6.27. The second-order valence-electron chi connectivity index (χ2n) is 4.95. The van der Waals surface area contributed by atoms with Gasteiger partial charge < -0.3 is 15.0 Å². The molecule has 0 aromatic carbocycles. The van der Waals surface area contributed by atoms with Gasteiger partial charge in [0.2, 0.25) is 0 Å². The summed E-state index contributed by atoms with van der Waals surface area (Å²) in [5, 5.41) is 12.7. The van der Waals surface area contributed by atoms with E-state index >= 15 is 0 Å². The largest absolute Gasteiger partial charge is 0.396 e. The predicted molar refractivity (Wildman–Crippen MR) is 61.1 cm³/mol. The summed E-state index contributed by atoms with van der Waals surface area (Å²) >= 11 is 0. The highest BCUT2D eigenvalue weighted by Crippen LogP contribution is 2.27. The molecule has 4 heteroatoms. The third-order valence-corrected chi connectivity index (χ3v) is 3.86. The van der Waals surface area contributed by atoms with Crippen LogP contribution in [-0.2, 0) is 13.0 Å². The van der Waals surface area contributed by atoms with Gasteiger partial charge in [0.25, 0.3) is 0 Å². The van der Waals surface area contributed by atoms with E-state index in [1.54, 1.807) is 0 Å². The number of hydrogen-bond acceptors (Lipinski definition) is 3. The zero-order chi connectivity index (χ0) is 11.0. The van der Waals surface area contributed by atoms with E-state index in [1.807, 2.05) is 6.20 Å². The summed E-state index contributed by atoms with van der Waals surface area (Å²) < 4.78 is 2.36. The predicted octanol–water partition coefficient (Wildman–Crippen LogP) is 0.862. The number of rotatable bonds is 2. The Bertz CT molecular complexity index is 368. The number of aliphatic hydroxyl groups is 1. The molecule has 0 aliphatic carbocycles. The van der Waals surface area contributed by atoms with E-state index in [4.69, 9.17) is 0 Å². The van der Waals surface area contributed by atoms with Crippen LogP contribution < -0.4 is 5.32 Å². The first-order valence-electron chi connectivity index (χ1n) is 6.27. The van der Waals surface area contributed by atoms with Crippen LogP contribution in [0.15, 0.2) is 6.20 Å². The lowest BCUT2D eigenvalue weighted by Crippen LogP contribution is -2.25. The number of imidazole rings is 1. The average molecular weight is 221 g/mol. The van der Waals surface area contributed by atoms with Crippen molar-refractivity contribution in [3.8, 4) is 0 Å². The van der Waals surface area contributed by atoms with Gasteiger partial charge in [-0.15, -0.1) is 0 Å². The molecule has 2 unspecified atom stereocenters. The fraction of sp³-hybridized carbons (Fsp3) is 0.750. The summed E-state index contributed by atoms with van der Waals surface area (Å²) in [4.78, 5) is 4.57. The zero-order valence-corrected chi connectivity index (χ0v) is 9.52. The molecule has 16 heavy (non-hydrogen) atoms. The number of hydrogen-bond donors (Lipinski definition) is 2. The van der Waals surface area contributed by atoms with Crippen molar-refractivity contribution in [3.05, 3.63) is 17.7 Å². The number of nitrogens with zero attached hydrogens (tertiary/aromatic N) is 2. The first-order chi connectivity index (χ1) is 7.88. The van der Waals surface area contributed by atoms with Crippen LogP contribution in [0.2, 0.25) is 0 Å². The topological polar surface area (TPSA) is 50.1 Å². The molecule has 2 N–H and O–H groups in total. The third-order valence-electron chi connectivity index (χ3n) is 3.86. The normalized spacial score (nSPS) is 29.3. The minimum Gasteiger partial charge on any atom is -0.396 e. The molecule has 0 spiro atoms. The molecule has 1 aromatic rings. The molecule has 0 saturated carbocycles. The van der Waals surface area contributed by atoms with Crippen molar-refractivity contribution in [2.24, 2.45) is 5.92 Å². The second-order valence-corrected chi connectivity index (χ2v) is 4.95.